The van der Waals surface area contributed by atoms with E-state index >= 15 is 0 Å². The van der Waals surface area contributed by atoms with Gasteiger partial charge in [-0.3, -0.25) is 4.79 Å². The fourth-order valence-corrected chi connectivity index (χ4v) is 4.77. The van der Waals surface area contributed by atoms with Crippen molar-refractivity contribution in [1.29, 1.82) is 0 Å². The molecule has 0 bridgehead atoms. The lowest BCUT2D eigenvalue weighted by Gasteiger charge is -2.18. The molecule has 2 aliphatic rings. The maximum Gasteiger partial charge on any atom is 0.336 e. The number of carbonyl (C=O) groups excluding carboxylic acids is 1. The summed E-state index contributed by atoms with van der Waals surface area (Å²) in [6, 6.07) is 26.2. The Labute approximate surface area is 226 Å². The van der Waals surface area contributed by atoms with Gasteiger partial charge in [0.2, 0.25) is 5.36 Å². The monoisotopic (exact) mass is 520 g/mol. The van der Waals surface area contributed by atoms with E-state index < -0.39 is 5.97 Å². The van der Waals surface area contributed by atoms with Gasteiger partial charge in [-0.05, 0) is 48.0 Å². The van der Waals surface area contributed by atoms with Gasteiger partial charge in [-0.25, -0.2) is 9.37 Å². The van der Waals surface area contributed by atoms with Gasteiger partial charge in [0.15, 0.2) is 0 Å². The molecule has 5 rings (SSSR count). The van der Waals surface area contributed by atoms with Gasteiger partial charge in [0.25, 0.3) is 5.91 Å². The van der Waals surface area contributed by atoms with E-state index in [0.717, 1.165) is 33.0 Å². The number of rotatable bonds is 7. The third kappa shape index (κ3) is 5.30. The lowest BCUT2D eigenvalue weighted by molar-refractivity contribution is 0.0697. The molecule has 7 heteroatoms. The number of fused-ring (bicyclic) bond motifs is 2. The van der Waals surface area contributed by atoms with E-state index in [1.54, 1.807) is 12.1 Å². The standard InChI is InChI=1S/C32H29N3O4/c1-33-18-21-9-12-25-28(15-21)39-29-17-23(35(2)3)11-14-26(29)30(25)24-13-10-22(16-27(24)32(37)38)31(36)34-19-20-7-5-4-6-8-20/h4-17,33H,18-19H2,1-3H3,(H-,34,36,37,38)/p+1. The highest BCUT2D eigenvalue weighted by Crippen LogP contribution is 2.41. The van der Waals surface area contributed by atoms with E-state index in [4.69, 9.17) is 4.42 Å². The Balaban J connectivity index is 1.67. The maximum absolute atomic E-state index is 12.9. The van der Waals surface area contributed by atoms with E-state index in [1.807, 2.05) is 92.4 Å². The van der Waals surface area contributed by atoms with Gasteiger partial charge in [0.1, 0.15) is 25.4 Å². The summed E-state index contributed by atoms with van der Waals surface area (Å²) in [4.78, 5) is 25.5. The molecule has 0 fully saturated rings. The van der Waals surface area contributed by atoms with Crippen molar-refractivity contribution in [1.82, 2.24) is 15.2 Å². The zero-order chi connectivity index (χ0) is 27.5. The van der Waals surface area contributed by atoms with Crippen LogP contribution >= 0.6 is 0 Å². The van der Waals surface area contributed by atoms with E-state index in [-0.39, 0.29) is 17.0 Å². The zero-order valence-electron chi connectivity index (χ0n) is 22.1. The molecule has 196 valence electrons. The van der Waals surface area contributed by atoms with Gasteiger partial charge < -0.3 is 20.2 Å². The molecule has 0 atom stereocenters. The predicted octanol–water partition coefficient (Wildman–Crippen LogP) is 4.58. The fourth-order valence-electron chi connectivity index (χ4n) is 4.77. The van der Waals surface area contributed by atoms with Crippen molar-refractivity contribution in [3.63, 3.8) is 0 Å². The van der Waals surface area contributed by atoms with Gasteiger partial charge in [-0.15, -0.1) is 0 Å². The Morgan fingerprint density at radius 3 is 2.33 bits per heavy atom. The van der Waals surface area contributed by atoms with Crippen LogP contribution in [0.2, 0.25) is 0 Å². The zero-order valence-corrected chi connectivity index (χ0v) is 22.1. The van der Waals surface area contributed by atoms with Crippen LogP contribution < -0.4 is 20.6 Å². The Bertz CT molecular complexity index is 1730. The summed E-state index contributed by atoms with van der Waals surface area (Å²) in [5.41, 5.74) is 5.06. The molecule has 3 aromatic carbocycles. The second-order valence-electron chi connectivity index (χ2n) is 9.65. The Morgan fingerprint density at radius 2 is 1.62 bits per heavy atom. The molecule has 0 aromatic heterocycles. The van der Waals surface area contributed by atoms with Crippen LogP contribution in [0.5, 0.6) is 0 Å². The Kier molecular flexibility index (Phi) is 7.25. The summed E-state index contributed by atoms with van der Waals surface area (Å²) in [6.07, 6.45) is 0. The van der Waals surface area contributed by atoms with Crippen LogP contribution in [-0.4, -0.2) is 38.1 Å². The van der Waals surface area contributed by atoms with Gasteiger partial charge in [-0.2, -0.15) is 0 Å². The predicted molar refractivity (Wildman–Crippen MR) is 153 cm³/mol. The fraction of sp³-hybridized carbons (Fsp3) is 0.156. The van der Waals surface area contributed by atoms with Crippen LogP contribution in [0.3, 0.4) is 0 Å². The first-order valence-corrected chi connectivity index (χ1v) is 12.7. The molecular formula is C32H30N3O4+. The van der Waals surface area contributed by atoms with E-state index in [9.17, 15) is 14.7 Å². The molecule has 39 heavy (non-hydrogen) atoms. The maximum atomic E-state index is 12.9. The van der Waals surface area contributed by atoms with Crippen LogP contribution in [0.1, 0.15) is 31.8 Å². The minimum Gasteiger partial charge on any atom is -0.478 e. The molecule has 1 aliphatic heterocycles. The average molecular weight is 521 g/mol. The molecule has 0 radical (unpaired) electrons. The van der Waals surface area contributed by atoms with E-state index in [1.165, 1.54) is 6.07 Å². The number of carboxylic acid groups (broad SMARTS) is 1. The number of benzene rings is 4. The third-order valence-electron chi connectivity index (χ3n) is 6.74. The van der Waals surface area contributed by atoms with Crippen molar-refractivity contribution in [2.45, 2.75) is 13.1 Å². The van der Waals surface area contributed by atoms with Crippen molar-refractivity contribution in [2.75, 3.05) is 21.1 Å². The van der Waals surface area contributed by atoms with E-state index in [2.05, 4.69) is 10.6 Å². The van der Waals surface area contributed by atoms with Crippen molar-refractivity contribution in [3.05, 3.63) is 113 Å². The summed E-state index contributed by atoms with van der Waals surface area (Å²) in [6.45, 7) is 1.02. The van der Waals surface area contributed by atoms with E-state index in [0.29, 0.717) is 30.0 Å². The summed E-state index contributed by atoms with van der Waals surface area (Å²) >= 11 is 0. The molecule has 1 amide bonds. The first-order chi connectivity index (χ1) is 18.9. The molecule has 0 saturated carbocycles. The number of carbonyl (C=O) groups is 2. The Hall–Kier alpha value is -4.75. The molecule has 7 nitrogen and oxygen atoms in total. The van der Waals surface area contributed by atoms with Gasteiger partial charge in [-0.1, -0.05) is 48.5 Å². The highest BCUT2D eigenvalue weighted by Gasteiger charge is 2.23. The van der Waals surface area contributed by atoms with Crippen LogP contribution in [0.25, 0.3) is 33.4 Å². The first-order valence-electron chi connectivity index (χ1n) is 12.7. The number of aromatic carboxylic acids is 1. The topological polar surface area (TPSA) is 94.6 Å². The first kappa shape index (κ1) is 25.9. The lowest BCUT2D eigenvalue weighted by atomic mass is 9.89. The Morgan fingerprint density at radius 1 is 0.846 bits per heavy atom. The van der Waals surface area contributed by atoms with Crippen molar-refractivity contribution in [3.8, 4) is 22.5 Å². The number of nitrogens with one attached hydrogen (secondary N) is 2. The molecular weight excluding hydrogens is 490 g/mol. The molecule has 0 spiro atoms. The SMILES string of the molecule is CNCc1ccc2c(-c3ccc(C(=O)NCc4ccccc4)cc3C(=O)O)c3ccc(=[N+](C)C)cc-3oc2c1. The van der Waals surface area contributed by atoms with Crippen molar-refractivity contribution in [2.24, 2.45) is 0 Å². The molecule has 1 aliphatic carbocycles. The van der Waals surface area contributed by atoms with Crippen LogP contribution in [0.4, 0.5) is 0 Å². The van der Waals surface area contributed by atoms with Crippen molar-refractivity contribution >= 4 is 22.8 Å². The number of nitrogens with zero attached hydrogens (tertiary/aromatic N) is 1. The summed E-state index contributed by atoms with van der Waals surface area (Å²) < 4.78 is 8.34. The molecule has 0 saturated heterocycles. The minimum absolute atomic E-state index is 0.0483. The third-order valence-corrected chi connectivity index (χ3v) is 6.74. The summed E-state index contributed by atoms with van der Waals surface area (Å²) in [7, 11) is 5.80. The normalized spacial score (nSPS) is 11.1. The minimum atomic E-state index is -1.11. The summed E-state index contributed by atoms with van der Waals surface area (Å²) in [5, 5.41) is 18.0. The molecule has 1 heterocycles. The number of hydrogen-bond donors (Lipinski definition) is 3. The van der Waals surface area contributed by atoms with Gasteiger partial charge in [0.05, 0.1) is 11.6 Å². The highest BCUT2D eigenvalue weighted by molar-refractivity contribution is 6.09. The second kappa shape index (κ2) is 10.9. The van der Waals surface area contributed by atoms with Gasteiger partial charge in [0, 0.05) is 41.2 Å². The lowest BCUT2D eigenvalue weighted by Crippen LogP contribution is -2.23. The van der Waals surface area contributed by atoms with Crippen LogP contribution in [-0.2, 0) is 13.1 Å². The van der Waals surface area contributed by atoms with Crippen LogP contribution in [0.15, 0.2) is 89.3 Å². The molecule has 3 aromatic rings. The second-order valence-corrected chi connectivity index (χ2v) is 9.65. The van der Waals surface area contributed by atoms with Gasteiger partial charge >= 0.3 is 5.97 Å². The summed E-state index contributed by atoms with van der Waals surface area (Å²) in [5.74, 6) is -0.800. The number of carboxylic acids is 1. The number of amides is 1. The molecule has 0 unspecified atom stereocenters. The van der Waals surface area contributed by atoms with Crippen molar-refractivity contribution < 1.29 is 19.1 Å². The molecule has 3 N–H and O–H groups in total. The van der Waals surface area contributed by atoms with Crippen LogP contribution in [0, 0.1) is 0 Å². The quantitative estimate of drug-likeness (QED) is 0.216. The largest absolute Gasteiger partial charge is 0.478 e. The smallest absolute Gasteiger partial charge is 0.336 e. The average Bonchev–Trinajstić information content (AvgIpc) is 2.94. The highest BCUT2D eigenvalue weighted by atomic mass is 16.4. The number of hydrogen-bond acceptors (Lipinski definition) is 4.